The zero-order valence-corrected chi connectivity index (χ0v) is 11.9. The molecule has 0 aliphatic rings. The second-order valence-electron chi connectivity index (χ2n) is 4.59. The van der Waals surface area contributed by atoms with Gasteiger partial charge in [-0.15, -0.1) is 0 Å². The predicted molar refractivity (Wildman–Crippen MR) is 80.4 cm³/mol. The van der Waals surface area contributed by atoms with E-state index in [0.717, 1.165) is 11.1 Å². The lowest BCUT2D eigenvalue weighted by molar-refractivity contribution is 0.381. The van der Waals surface area contributed by atoms with E-state index in [0.29, 0.717) is 6.42 Å². The third-order valence-corrected chi connectivity index (χ3v) is 4.11. The molecule has 2 N–H and O–H groups in total. The first-order chi connectivity index (χ1) is 9.55. The molecular weight excluding hydrogens is 271 g/mol. The largest absolute Gasteiger partial charge is 0.352 e. The summed E-state index contributed by atoms with van der Waals surface area (Å²) in [5.41, 5.74) is 1.93. The van der Waals surface area contributed by atoms with Gasteiger partial charge in [0.25, 0.3) is 0 Å². The van der Waals surface area contributed by atoms with Crippen LogP contribution in [-0.4, -0.2) is 9.79 Å². The van der Waals surface area contributed by atoms with E-state index in [-0.39, 0.29) is 11.7 Å². The fourth-order valence-electron chi connectivity index (χ4n) is 1.95. The summed E-state index contributed by atoms with van der Waals surface area (Å²) >= 11 is 0. The van der Waals surface area contributed by atoms with Gasteiger partial charge in [0, 0.05) is 11.7 Å². The van der Waals surface area contributed by atoms with E-state index in [1.54, 1.807) is 6.08 Å². The molecule has 0 saturated heterocycles. The lowest BCUT2D eigenvalue weighted by atomic mass is 10.1. The smallest absolute Gasteiger partial charge is 0.321 e. The van der Waals surface area contributed by atoms with Gasteiger partial charge in [0.05, 0.1) is 0 Å². The minimum absolute atomic E-state index is 0.174. The molecule has 0 bridgehead atoms. The van der Waals surface area contributed by atoms with Crippen molar-refractivity contribution in [2.75, 3.05) is 0 Å². The maximum Gasteiger partial charge on any atom is 0.352 e. The van der Waals surface area contributed by atoms with Gasteiger partial charge in [0.1, 0.15) is 0 Å². The van der Waals surface area contributed by atoms with Crippen LogP contribution in [0.4, 0.5) is 0 Å². The average Bonchev–Trinajstić information content (AvgIpc) is 2.44. The monoisotopic (exact) mass is 288 g/mol. The molecule has 0 radical (unpaired) electrons. The normalized spacial score (nSPS) is 12.4. The van der Waals surface area contributed by atoms with Crippen LogP contribution in [0.15, 0.2) is 72.1 Å². The first-order valence-electron chi connectivity index (χ1n) is 6.39. The standard InChI is InChI=1S/C16H17O3P/c17-20(18,19)16(13-15-9-5-2-6-10-15)12-11-14-7-3-1-4-8-14/h1-10,12H,11,13H2,(H2,17,18,19)/b16-12-. The molecule has 3 nitrogen and oxygen atoms in total. The summed E-state index contributed by atoms with van der Waals surface area (Å²) in [5, 5.41) is 0.174. The topological polar surface area (TPSA) is 57.5 Å². The van der Waals surface area contributed by atoms with Gasteiger partial charge < -0.3 is 9.79 Å². The Labute approximate surface area is 118 Å². The molecule has 4 heteroatoms. The molecule has 2 aromatic carbocycles. The fourth-order valence-corrected chi connectivity index (χ4v) is 2.67. The van der Waals surface area contributed by atoms with Crippen molar-refractivity contribution in [3.63, 3.8) is 0 Å². The van der Waals surface area contributed by atoms with Crippen molar-refractivity contribution in [3.05, 3.63) is 83.2 Å². The lowest BCUT2D eigenvalue weighted by Gasteiger charge is -2.10. The van der Waals surface area contributed by atoms with E-state index in [1.807, 2.05) is 60.7 Å². The minimum atomic E-state index is -4.22. The summed E-state index contributed by atoms with van der Waals surface area (Å²) in [7, 11) is -4.22. The fraction of sp³-hybridized carbons (Fsp3) is 0.125. The molecule has 20 heavy (non-hydrogen) atoms. The van der Waals surface area contributed by atoms with Crippen LogP contribution in [0.3, 0.4) is 0 Å². The molecule has 0 amide bonds. The van der Waals surface area contributed by atoms with Crippen LogP contribution in [0.5, 0.6) is 0 Å². The van der Waals surface area contributed by atoms with Crippen LogP contribution in [0, 0.1) is 0 Å². The highest BCUT2D eigenvalue weighted by Gasteiger charge is 2.20. The Morgan fingerprint density at radius 1 is 0.900 bits per heavy atom. The van der Waals surface area contributed by atoms with Crippen molar-refractivity contribution in [1.29, 1.82) is 0 Å². The van der Waals surface area contributed by atoms with Gasteiger partial charge in [-0.25, -0.2) is 0 Å². The molecule has 104 valence electrons. The molecule has 0 saturated carbocycles. The molecule has 0 unspecified atom stereocenters. The molecule has 0 fully saturated rings. The van der Waals surface area contributed by atoms with Gasteiger partial charge >= 0.3 is 7.60 Å². The van der Waals surface area contributed by atoms with Crippen LogP contribution < -0.4 is 0 Å². The SMILES string of the molecule is O=P(O)(O)/C(=C\Cc1ccccc1)Cc1ccccc1. The zero-order valence-electron chi connectivity index (χ0n) is 11.0. The first kappa shape index (κ1) is 14.7. The summed E-state index contributed by atoms with van der Waals surface area (Å²) < 4.78 is 11.6. The summed E-state index contributed by atoms with van der Waals surface area (Å²) in [6.07, 6.45) is 2.44. The Hall–Kier alpha value is -1.67. The van der Waals surface area contributed by atoms with Crippen LogP contribution >= 0.6 is 7.60 Å². The summed E-state index contributed by atoms with van der Waals surface area (Å²) in [4.78, 5) is 18.9. The highest BCUT2D eigenvalue weighted by molar-refractivity contribution is 7.56. The molecule has 0 spiro atoms. The van der Waals surface area contributed by atoms with Crippen LogP contribution in [0.1, 0.15) is 11.1 Å². The number of benzene rings is 2. The Balaban J connectivity index is 2.18. The van der Waals surface area contributed by atoms with Gasteiger partial charge in [-0.2, -0.15) is 0 Å². The van der Waals surface area contributed by atoms with E-state index in [4.69, 9.17) is 0 Å². The van der Waals surface area contributed by atoms with Crippen molar-refractivity contribution < 1.29 is 14.4 Å². The van der Waals surface area contributed by atoms with E-state index in [2.05, 4.69) is 0 Å². The third-order valence-electron chi connectivity index (χ3n) is 3.02. The molecule has 2 aromatic rings. The maximum atomic E-state index is 11.6. The van der Waals surface area contributed by atoms with Crippen molar-refractivity contribution in [1.82, 2.24) is 0 Å². The number of allylic oxidation sites excluding steroid dienone is 2. The first-order valence-corrected chi connectivity index (χ1v) is 8.00. The van der Waals surface area contributed by atoms with E-state index in [9.17, 15) is 14.4 Å². The van der Waals surface area contributed by atoms with E-state index >= 15 is 0 Å². The maximum absolute atomic E-state index is 11.6. The number of hydrogen-bond acceptors (Lipinski definition) is 1. The average molecular weight is 288 g/mol. The predicted octanol–water partition coefficient (Wildman–Crippen LogP) is 3.53. The van der Waals surface area contributed by atoms with Gasteiger partial charge in [0.2, 0.25) is 0 Å². The second-order valence-corrected chi connectivity index (χ2v) is 6.25. The lowest BCUT2D eigenvalue weighted by Crippen LogP contribution is -1.94. The van der Waals surface area contributed by atoms with Gasteiger partial charge in [-0.05, 0) is 17.5 Å². The Kier molecular flexibility index (Phi) is 4.91. The van der Waals surface area contributed by atoms with Crippen molar-refractivity contribution >= 4 is 7.60 Å². The van der Waals surface area contributed by atoms with Crippen LogP contribution in [-0.2, 0) is 17.4 Å². The van der Waals surface area contributed by atoms with E-state index in [1.165, 1.54) is 0 Å². The molecule has 0 aromatic heterocycles. The summed E-state index contributed by atoms with van der Waals surface area (Å²) in [6.45, 7) is 0. The molecule has 2 rings (SSSR count). The number of rotatable bonds is 5. The number of hydrogen-bond donors (Lipinski definition) is 2. The summed E-state index contributed by atoms with van der Waals surface area (Å²) in [5.74, 6) is 0. The second kappa shape index (κ2) is 6.67. The quantitative estimate of drug-likeness (QED) is 0.827. The van der Waals surface area contributed by atoms with Crippen molar-refractivity contribution in [2.45, 2.75) is 12.8 Å². The molecular formula is C16H17O3P. The van der Waals surface area contributed by atoms with Gasteiger partial charge in [-0.3, -0.25) is 4.57 Å². The minimum Gasteiger partial charge on any atom is -0.321 e. The summed E-state index contributed by atoms with van der Waals surface area (Å²) in [6, 6.07) is 19.0. The Morgan fingerprint density at radius 2 is 1.40 bits per heavy atom. The van der Waals surface area contributed by atoms with Gasteiger partial charge in [-0.1, -0.05) is 66.7 Å². The van der Waals surface area contributed by atoms with Crippen LogP contribution in [0.25, 0.3) is 0 Å². The Bertz CT molecular complexity index is 615. The van der Waals surface area contributed by atoms with Gasteiger partial charge in [0.15, 0.2) is 0 Å². The van der Waals surface area contributed by atoms with Crippen molar-refractivity contribution in [3.8, 4) is 0 Å². The highest BCUT2D eigenvalue weighted by Crippen LogP contribution is 2.46. The van der Waals surface area contributed by atoms with Crippen LogP contribution in [0.2, 0.25) is 0 Å². The highest BCUT2D eigenvalue weighted by atomic mass is 31.2. The van der Waals surface area contributed by atoms with E-state index < -0.39 is 7.60 Å². The molecule has 0 heterocycles. The van der Waals surface area contributed by atoms with Crippen molar-refractivity contribution in [2.24, 2.45) is 0 Å². The molecule has 0 aliphatic heterocycles. The third kappa shape index (κ3) is 4.46. The molecule has 0 aliphatic carbocycles. The molecule has 0 atom stereocenters. The Morgan fingerprint density at radius 3 is 1.90 bits per heavy atom. The zero-order chi connectivity index (χ0) is 14.4.